The standard InChI is InChI=1S/C14H22N4O.2ClH/c19-14(12-5-3-7-15-11-12)18-10-4-9-17-13-6-1-2-8-16-13;;/h1-2,6,8,12,15H,3-5,7,9-11H2,(H,16,17)(H,18,19);2*1H. The van der Waals surface area contributed by atoms with Crippen molar-refractivity contribution in [2.75, 3.05) is 31.5 Å². The van der Waals surface area contributed by atoms with E-state index in [1.165, 1.54) is 0 Å². The van der Waals surface area contributed by atoms with Gasteiger partial charge in [-0.15, -0.1) is 24.8 Å². The number of halogens is 2. The number of nitrogens with zero attached hydrogens (tertiary/aromatic N) is 1. The van der Waals surface area contributed by atoms with E-state index in [0.717, 1.165) is 51.3 Å². The van der Waals surface area contributed by atoms with Gasteiger partial charge in [-0.1, -0.05) is 6.07 Å². The van der Waals surface area contributed by atoms with Gasteiger partial charge in [0.2, 0.25) is 5.91 Å². The molecule has 1 saturated heterocycles. The lowest BCUT2D eigenvalue weighted by atomic mass is 9.99. The molecule has 0 aliphatic carbocycles. The molecule has 1 atom stereocenters. The molecule has 1 unspecified atom stereocenters. The van der Waals surface area contributed by atoms with E-state index in [2.05, 4.69) is 20.9 Å². The second kappa shape index (κ2) is 11.6. The average molecular weight is 335 g/mol. The summed E-state index contributed by atoms with van der Waals surface area (Å²) in [5.74, 6) is 1.22. The van der Waals surface area contributed by atoms with Crippen molar-refractivity contribution in [2.24, 2.45) is 5.92 Å². The summed E-state index contributed by atoms with van der Waals surface area (Å²) in [5.41, 5.74) is 0. The first-order valence-corrected chi connectivity index (χ1v) is 6.99. The number of amides is 1. The van der Waals surface area contributed by atoms with Gasteiger partial charge in [-0.05, 0) is 37.9 Å². The number of carbonyl (C=O) groups is 1. The summed E-state index contributed by atoms with van der Waals surface area (Å²) in [6, 6.07) is 5.78. The molecule has 21 heavy (non-hydrogen) atoms. The van der Waals surface area contributed by atoms with Gasteiger partial charge in [0.05, 0.1) is 5.92 Å². The number of hydrogen-bond donors (Lipinski definition) is 3. The zero-order valence-corrected chi connectivity index (χ0v) is 13.6. The van der Waals surface area contributed by atoms with Crippen molar-refractivity contribution in [3.05, 3.63) is 24.4 Å². The van der Waals surface area contributed by atoms with Crippen LogP contribution in [-0.2, 0) is 4.79 Å². The normalized spacial score (nSPS) is 17.0. The smallest absolute Gasteiger partial charge is 0.224 e. The molecule has 7 heteroatoms. The minimum Gasteiger partial charge on any atom is -0.370 e. The number of rotatable bonds is 6. The topological polar surface area (TPSA) is 66.0 Å². The van der Waals surface area contributed by atoms with Crippen molar-refractivity contribution >= 4 is 36.5 Å². The van der Waals surface area contributed by atoms with Crippen molar-refractivity contribution in [1.82, 2.24) is 15.6 Å². The van der Waals surface area contributed by atoms with Crippen LogP contribution in [0.3, 0.4) is 0 Å². The maximum atomic E-state index is 11.8. The molecule has 0 aromatic carbocycles. The number of hydrogen-bond acceptors (Lipinski definition) is 4. The molecular weight excluding hydrogens is 311 g/mol. The Morgan fingerprint density at radius 1 is 1.33 bits per heavy atom. The Kier molecular flexibility index (Phi) is 11.0. The van der Waals surface area contributed by atoms with E-state index in [4.69, 9.17) is 0 Å². The summed E-state index contributed by atoms with van der Waals surface area (Å²) >= 11 is 0. The summed E-state index contributed by atoms with van der Waals surface area (Å²) in [4.78, 5) is 16.0. The molecule has 5 nitrogen and oxygen atoms in total. The third kappa shape index (κ3) is 7.50. The molecule has 0 spiro atoms. The Bertz CT molecular complexity index is 386. The lowest BCUT2D eigenvalue weighted by molar-refractivity contribution is -0.125. The third-order valence-electron chi connectivity index (χ3n) is 3.29. The van der Waals surface area contributed by atoms with Gasteiger partial charge in [0.25, 0.3) is 0 Å². The summed E-state index contributed by atoms with van der Waals surface area (Å²) < 4.78 is 0. The second-order valence-electron chi connectivity index (χ2n) is 4.83. The fraction of sp³-hybridized carbons (Fsp3) is 0.571. The van der Waals surface area contributed by atoms with Gasteiger partial charge in [-0.3, -0.25) is 4.79 Å². The van der Waals surface area contributed by atoms with Crippen LogP contribution in [0.1, 0.15) is 19.3 Å². The van der Waals surface area contributed by atoms with Crippen LogP contribution >= 0.6 is 24.8 Å². The van der Waals surface area contributed by atoms with Gasteiger partial charge in [-0.25, -0.2) is 4.98 Å². The minimum atomic E-state index is 0. The van der Waals surface area contributed by atoms with E-state index in [-0.39, 0.29) is 36.6 Å². The second-order valence-corrected chi connectivity index (χ2v) is 4.83. The molecule has 2 heterocycles. The first-order valence-electron chi connectivity index (χ1n) is 6.99. The summed E-state index contributed by atoms with van der Waals surface area (Å²) in [7, 11) is 0. The van der Waals surface area contributed by atoms with Gasteiger partial charge in [0, 0.05) is 25.8 Å². The quantitative estimate of drug-likeness (QED) is 0.694. The van der Waals surface area contributed by atoms with Crippen molar-refractivity contribution in [3.8, 4) is 0 Å². The lowest BCUT2D eigenvalue weighted by Crippen LogP contribution is -2.41. The van der Waals surface area contributed by atoms with E-state index >= 15 is 0 Å². The fourth-order valence-corrected chi connectivity index (χ4v) is 2.20. The molecular formula is C14H24Cl2N4O. The zero-order chi connectivity index (χ0) is 13.3. The first-order chi connectivity index (χ1) is 9.36. The van der Waals surface area contributed by atoms with Gasteiger partial charge in [-0.2, -0.15) is 0 Å². The van der Waals surface area contributed by atoms with E-state index in [9.17, 15) is 4.79 Å². The number of anilines is 1. The highest BCUT2D eigenvalue weighted by Gasteiger charge is 2.19. The Hall–Kier alpha value is -1.04. The van der Waals surface area contributed by atoms with Gasteiger partial charge in [0.1, 0.15) is 5.82 Å². The average Bonchev–Trinajstić information content (AvgIpc) is 2.49. The number of piperidine rings is 1. The predicted octanol–water partition coefficient (Wildman–Crippen LogP) is 1.84. The maximum absolute atomic E-state index is 11.8. The van der Waals surface area contributed by atoms with E-state index in [1.54, 1.807) is 6.20 Å². The third-order valence-corrected chi connectivity index (χ3v) is 3.29. The molecule has 1 aromatic heterocycles. The summed E-state index contributed by atoms with van der Waals surface area (Å²) in [6.07, 6.45) is 4.77. The highest BCUT2D eigenvalue weighted by atomic mass is 35.5. The summed E-state index contributed by atoms with van der Waals surface area (Å²) in [5, 5.41) is 9.48. The molecule has 1 aliphatic heterocycles. The lowest BCUT2D eigenvalue weighted by Gasteiger charge is -2.21. The number of nitrogens with one attached hydrogen (secondary N) is 3. The first kappa shape index (κ1) is 20.0. The Morgan fingerprint density at radius 2 is 2.19 bits per heavy atom. The molecule has 0 bridgehead atoms. The number of pyridine rings is 1. The van der Waals surface area contributed by atoms with Crippen molar-refractivity contribution in [1.29, 1.82) is 0 Å². The number of aromatic nitrogens is 1. The molecule has 120 valence electrons. The van der Waals surface area contributed by atoms with Crippen LogP contribution in [0.25, 0.3) is 0 Å². The largest absolute Gasteiger partial charge is 0.370 e. The molecule has 0 radical (unpaired) electrons. The number of carbonyl (C=O) groups excluding carboxylic acids is 1. The van der Waals surface area contributed by atoms with Crippen molar-refractivity contribution in [3.63, 3.8) is 0 Å². The van der Waals surface area contributed by atoms with Crippen molar-refractivity contribution in [2.45, 2.75) is 19.3 Å². The maximum Gasteiger partial charge on any atom is 0.224 e. The van der Waals surface area contributed by atoms with Crippen LogP contribution in [0, 0.1) is 5.92 Å². The fourth-order valence-electron chi connectivity index (χ4n) is 2.20. The minimum absolute atomic E-state index is 0. The highest BCUT2D eigenvalue weighted by molar-refractivity contribution is 5.85. The molecule has 3 N–H and O–H groups in total. The van der Waals surface area contributed by atoms with Gasteiger partial charge < -0.3 is 16.0 Å². The molecule has 1 aliphatic rings. The van der Waals surface area contributed by atoms with Gasteiger partial charge in [0.15, 0.2) is 0 Å². The summed E-state index contributed by atoms with van der Waals surface area (Å²) in [6.45, 7) is 3.39. The van der Waals surface area contributed by atoms with E-state index < -0.39 is 0 Å². The Balaban J connectivity index is 0.00000200. The van der Waals surface area contributed by atoms with E-state index in [1.807, 2.05) is 18.2 Å². The molecule has 1 aromatic rings. The zero-order valence-electron chi connectivity index (χ0n) is 12.0. The SMILES string of the molecule is Cl.Cl.O=C(NCCCNc1ccccn1)C1CCCNC1. The van der Waals surface area contributed by atoms with Crippen LogP contribution in [0.15, 0.2) is 24.4 Å². The van der Waals surface area contributed by atoms with Gasteiger partial charge >= 0.3 is 0 Å². The Morgan fingerprint density at radius 3 is 2.86 bits per heavy atom. The molecule has 2 rings (SSSR count). The van der Waals surface area contributed by atoms with E-state index in [0.29, 0.717) is 0 Å². The van der Waals surface area contributed by atoms with Crippen LogP contribution in [0.2, 0.25) is 0 Å². The molecule has 1 amide bonds. The van der Waals surface area contributed by atoms with Crippen molar-refractivity contribution < 1.29 is 4.79 Å². The molecule has 1 fully saturated rings. The predicted molar refractivity (Wildman–Crippen MR) is 90.4 cm³/mol. The Labute approximate surface area is 138 Å². The van der Waals surface area contributed by atoms with Crippen LogP contribution < -0.4 is 16.0 Å². The monoisotopic (exact) mass is 334 g/mol. The van der Waals surface area contributed by atoms with Crippen LogP contribution in [0.4, 0.5) is 5.82 Å². The highest BCUT2D eigenvalue weighted by Crippen LogP contribution is 2.09. The molecule has 0 saturated carbocycles. The van der Waals surface area contributed by atoms with Crippen LogP contribution in [0.5, 0.6) is 0 Å². The van der Waals surface area contributed by atoms with Crippen LogP contribution in [-0.4, -0.2) is 37.1 Å².